The lowest BCUT2D eigenvalue weighted by atomic mass is 9.93. The summed E-state index contributed by atoms with van der Waals surface area (Å²) in [5, 5.41) is 0. The topological polar surface area (TPSA) is 40.6 Å². The van der Waals surface area contributed by atoms with Gasteiger partial charge in [0.1, 0.15) is 18.0 Å². The summed E-state index contributed by atoms with van der Waals surface area (Å²) in [6.45, 7) is 3.06. The Morgan fingerprint density at radius 2 is 1.86 bits per heavy atom. The van der Waals surface area contributed by atoms with E-state index in [-0.39, 0.29) is 0 Å². The van der Waals surface area contributed by atoms with Crippen LogP contribution in [0.3, 0.4) is 0 Å². The lowest BCUT2D eigenvalue weighted by Crippen LogP contribution is -2.33. The minimum Gasteiger partial charge on any atom is -0.487 e. The molecule has 0 N–H and O–H groups in total. The van der Waals surface area contributed by atoms with E-state index in [0.29, 0.717) is 13.2 Å². The van der Waals surface area contributed by atoms with Crippen LogP contribution in [0.2, 0.25) is 0 Å². The first-order chi connectivity index (χ1) is 10.7. The molecule has 2 rings (SSSR count). The van der Waals surface area contributed by atoms with Crippen LogP contribution in [0.1, 0.15) is 24.5 Å². The molecule has 0 saturated carbocycles. The summed E-state index contributed by atoms with van der Waals surface area (Å²) in [6, 6.07) is 12.0. The molecule has 0 radical (unpaired) electrons. The number of rotatable bonds is 8. The molecule has 1 aromatic carbocycles. The molecule has 4 heteroatoms. The molecule has 1 unspecified atom stereocenters. The number of methoxy groups -OCH3 is 2. The molecule has 4 nitrogen and oxygen atoms in total. The molecule has 0 amide bonds. The highest BCUT2D eigenvalue weighted by molar-refractivity contribution is 5.29. The summed E-state index contributed by atoms with van der Waals surface area (Å²) < 4.78 is 16.9. The maximum Gasteiger partial charge on any atom is 0.138 e. The van der Waals surface area contributed by atoms with Crippen LogP contribution >= 0.6 is 0 Å². The van der Waals surface area contributed by atoms with E-state index in [1.54, 1.807) is 26.6 Å². The van der Waals surface area contributed by atoms with E-state index in [1.165, 1.54) is 0 Å². The number of hydrogen-bond donors (Lipinski definition) is 0. The Kier molecular flexibility index (Phi) is 5.92. The zero-order valence-corrected chi connectivity index (χ0v) is 13.4. The van der Waals surface area contributed by atoms with Crippen molar-refractivity contribution < 1.29 is 14.2 Å². The summed E-state index contributed by atoms with van der Waals surface area (Å²) in [6.07, 6.45) is 4.32. The number of benzene rings is 1. The van der Waals surface area contributed by atoms with E-state index >= 15 is 0 Å². The molecule has 1 atom stereocenters. The van der Waals surface area contributed by atoms with E-state index in [2.05, 4.69) is 11.9 Å². The van der Waals surface area contributed by atoms with Crippen LogP contribution in [0.4, 0.5) is 0 Å². The predicted molar refractivity (Wildman–Crippen MR) is 85.9 cm³/mol. The zero-order chi connectivity index (χ0) is 15.8. The Hall–Kier alpha value is -1.91. The van der Waals surface area contributed by atoms with Crippen LogP contribution in [-0.2, 0) is 21.7 Å². The first-order valence-corrected chi connectivity index (χ1v) is 7.40. The van der Waals surface area contributed by atoms with Crippen molar-refractivity contribution in [1.82, 2.24) is 4.98 Å². The summed E-state index contributed by atoms with van der Waals surface area (Å²) in [4.78, 5) is 4.28. The molecule has 0 aliphatic carbocycles. The van der Waals surface area contributed by atoms with E-state index in [4.69, 9.17) is 14.2 Å². The van der Waals surface area contributed by atoms with Gasteiger partial charge >= 0.3 is 0 Å². The monoisotopic (exact) mass is 301 g/mol. The molecular weight excluding hydrogens is 278 g/mol. The van der Waals surface area contributed by atoms with Crippen molar-refractivity contribution in [2.75, 3.05) is 20.8 Å². The van der Waals surface area contributed by atoms with Gasteiger partial charge in [0.15, 0.2) is 0 Å². The molecule has 1 heterocycles. The predicted octanol–water partition coefficient (Wildman–Crippen LogP) is 3.56. The first kappa shape index (κ1) is 16.5. The SMILES string of the molecule is CCC(COC)(OC)c1cncc(OCc2ccccc2)c1. The van der Waals surface area contributed by atoms with Gasteiger partial charge in [-0.15, -0.1) is 0 Å². The minimum atomic E-state index is -0.492. The normalized spacial score (nSPS) is 13.6. The van der Waals surface area contributed by atoms with Gasteiger partial charge in [0, 0.05) is 26.0 Å². The van der Waals surface area contributed by atoms with Gasteiger partial charge < -0.3 is 14.2 Å². The molecule has 118 valence electrons. The third kappa shape index (κ3) is 3.84. The van der Waals surface area contributed by atoms with Crippen LogP contribution in [0.25, 0.3) is 0 Å². The fourth-order valence-electron chi connectivity index (χ4n) is 2.43. The molecule has 0 saturated heterocycles. The molecule has 0 aliphatic rings. The van der Waals surface area contributed by atoms with E-state index < -0.39 is 5.60 Å². The fourth-order valence-corrected chi connectivity index (χ4v) is 2.43. The van der Waals surface area contributed by atoms with E-state index in [0.717, 1.165) is 23.3 Å². The van der Waals surface area contributed by atoms with Crippen molar-refractivity contribution in [2.45, 2.75) is 25.6 Å². The fraction of sp³-hybridized carbons (Fsp3) is 0.389. The third-order valence-corrected chi connectivity index (χ3v) is 3.83. The highest BCUT2D eigenvalue weighted by Crippen LogP contribution is 2.30. The highest BCUT2D eigenvalue weighted by atomic mass is 16.5. The van der Waals surface area contributed by atoms with Gasteiger partial charge in [0.05, 0.1) is 12.8 Å². The van der Waals surface area contributed by atoms with Crippen molar-refractivity contribution in [3.05, 3.63) is 59.9 Å². The van der Waals surface area contributed by atoms with Gasteiger partial charge in [0.25, 0.3) is 0 Å². The second kappa shape index (κ2) is 7.92. The standard InChI is InChI=1S/C18H23NO3/c1-4-18(21-3,14-20-2)16-10-17(12-19-11-16)22-13-15-8-6-5-7-9-15/h5-12H,4,13-14H2,1-3H3. The summed E-state index contributed by atoms with van der Waals surface area (Å²) >= 11 is 0. The Labute approximate surface area is 132 Å². The number of hydrogen-bond acceptors (Lipinski definition) is 4. The second-order valence-corrected chi connectivity index (χ2v) is 5.17. The van der Waals surface area contributed by atoms with Gasteiger partial charge in [-0.1, -0.05) is 37.3 Å². The Balaban J connectivity index is 2.15. The zero-order valence-electron chi connectivity index (χ0n) is 13.4. The number of ether oxygens (including phenoxy) is 3. The first-order valence-electron chi connectivity index (χ1n) is 7.40. The third-order valence-electron chi connectivity index (χ3n) is 3.83. The minimum absolute atomic E-state index is 0.476. The number of pyridine rings is 1. The molecule has 0 spiro atoms. The van der Waals surface area contributed by atoms with Gasteiger partial charge in [-0.3, -0.25) is 4.98 Å². The van der Waals surface area contributed by atoms with Gasteiger partial charge in [-0.05, 0) is 18.1 Å². The van der Waals surface area contributed by atoms with Crippen molar-refractivity contribution in [3.63, 3.8) is 0 Å². The number of nitrogens with zero attached hydrogens (tertiary/aromatic N) is 1. The smallest absolute Gasteiger partial charge is 0.138 e. The van der Waals surface area contributed by atoms with Crippen LogP contribution in [0.15, 0.2) is 48.8 Å². The molecule has 0 bridgehead atoms. The summed E-state index contributed by atoms with van der Waals surface area (Å²) in [5.74, 6) is 0.729. The highest BCUT2D eigenvalue weighted by Gasteiger charge is 2.31. The maximum absolute atomic E-state index is 5.84. The van der Waals surface area contributed by atoms with Crippen LogP contribution < -0.4 is 4.74 Å². The van der Waals surface area contributed by atoms with Crippen molar-refractivity contribution >= 4 is 0 Å². The molecular formula is C18H23NO3. The molecule has 0 fully saturated rings. The molecule has 2 aromatic rings. The Bertz CT molecular complexity index is 568. The quantitative estimate of drug-likeness (QED) is 0.747. The second-order valence-electron chi connectivity index (χ2n) is 5.17. The lowest BCUT2D eigenvalue weighted by molar-refractivity contribution is -0.0722. The Morgan fingerprint density at radius 3 is 2.50 bits per heavy atom. The van der Waals surface area contributed by atoms with Crippen molar-refractivity contribution in [3.8, 4) is 5.75 Å². The van der Waals surface area contributed by atoms with Gasteiger partial charge in [0.2, 0.25) is 0 Å². The molecule has 0 aliphatic heterocycles. The molecule has 1 aromatic heterocycles. The van der Waals surface area contributed by atoms with E-state index in [1.807, 2.05) is 36.4 Å². The van der Waals surface area contributed by atoms with Crippen LogP contribution in [-0.4, -0.2) is 25.8 Å². The molecule has 22 heavy (non-hydrogen) atoms. The Morgan fingerprint density at radius 1 is 1.09 bits per heavy atom. The van der Waals surface area contributed by atoms with Crippen molar-refractivity contribution in [1.29, 1.82) is 0 Å². The average molecular weight is 301 g/mol. The lowest BCUT2D eigenvalue weighted by Gasteiger charge is -2.31. The van der Waals surface area contributed by atoms with Crippen molar-refractivity contribution in [2.24, 2.45) is 0 Å². The number of aromatic nitrogens is 1. The van der Waals surface area contributed by atoms with Crippen LogP contribution in [0, 0.1) is 0 Å². The average Bonchev–Trinajstić information content (AvgIpc) is 2.59. The largest absolute Gasteiger partial charge is 0.487 e. The summed E-state index contributed by atoms with van der Waals surface area (Å²) in [5.41, 5.74) is 1.59. The van der Waals surface area contributed by atoms with Gasteiger partial charge in [-0.25, -0.2) is 0 Å². The van der Waals surface area contributed by atoms with Gasteiger partial charge in [-0.2, -0.15) is 0 Å². The van der Waals surface area contributed by atoms with E-state index in [9.17, 15) is 0 Å². The summed E-state index contributed by atoms with van der Waals surface area (Å²) in [7, 11) is 3.37. The van der Waals surface area contributed by atoms with Crippen LogP contribution in [0.5, 0.6) is 5.75 Å². The maximum atomic E-state index is 5.84.